The molecule has 1 aliphatic rings. The zero-order chi connectivity index (χ0) is 15.3. The van der Waals surface area contributed by atoms with Gasteiger partial charge in [-0.1, -0.05) is 20.8 Å². The van der Waals surface area contributed by atoms with Crippen LogP contribution in [0, 0.1) is 5.92 Å². The van der Waals surface area contributed by atoms with E-state index in [1.54, 1.807) is 0 Å². The molecule has 20 heavy (non-hydrogen) atoms. The molecule has 0 aromatic heterocycles. The molecule has 0 radical (unpaired) electrons. The zero-order valence-electron chi connectivity index (χ0n) is 13.1. The van der Waals surface area contributed by atoms with Crippen molar-refractivity contribution >= 4 is 12.0 Å². The highest BCUT2D eigenvalue weighted by Crippen LogP contribution is 2.32. The van der Waals surface area contributed by atoms with Gasteiger partial charge in [0.1, 0.15) is 5.54 Å². The first-order chi connectivity index (χ1) is 9.33. The number of likely N-dealkylation sites (tertiary alicyclic amines) is 1. The smallest absolute Gasteiger partial charge is 0.329 e. The van der Waals surface area contributed by atoms with Crippen molar-refractivity contribution in [2.45, 2.75) is 71.4 Å². The summed E-state index contributed by atoms with van der Waals surface area (Å²) in [5, 5.41) is 12.4. The molecular weight excluding hydrogens is 256 g/mol. The number of rotatable bonds is 6. The second-order valence-electron chi connectivity index (χ2n) is 6.27. The molecule has 2 amide bonds. The van der Waals surface area contributed by atoms with Crippen LogP contribution in [-0.2, 0) is 4.79 Å². The summed E-state index contributed by atoms with van der Waals surface area (Å²) < 4.78 is 0. The van der Waals surface area contributed by atoms with Crippen molar-refractivity contribution in [1.82, 2.24) is 10.2 Å². The average Bonchev–Trinajstić information content (AvgIpc) is 2.81. The number of nitrogens with one attached hydrogen (secondary N) is 1. The Hall–Kier alpha value is -1.26. The van der Waals surface area contributed by atoms with Crippen LogP contribution in [0.1, 0.15) is 59.8 Å². The fourth-order valence-electron chi connectivity index (χ4n) is 2.86. The molecule has 116 valence electrons. The number of urea groups is 1. The van der Waals surface area contributed by atoms with Crippen LogP contribution < -0.4 is 5.32 Å². The second kappa shape index (κ2) is 6.95. The maximum absolute atomic E-state index is 12.3. The number of carboxylic acid groups (broad SMARTS) is 1. The summed E-state index contributed by atoms with van der Waals surface area (Å²) in [6.07, 6.45) is 3.74. The third-order valence-electron chi connectivity index (χ3n) is 4.26. The van der Waals surface area contributed by atoms with Crippen molar-refractivity contribution in [3.05, 3.63) is 0 Å². The first-order valence-corrected chi connectivity index (χ1v) is 7.65. The van der Waals surface area contributed by atoms with Gasteiger partial charge in [-0.2, -0.15) is 0 Å². The maximum atomic E-state index is 12.3. The predicted octanol–water partition coefficient (Wildman–Crippen LogP) is 2.85. The molecule has 1 fully saturated rings. The van der Waals surface area contributed by atoms with Gasteiger partial charge in [-0.3, -0.25) is 0 Å². The number of hydrogen-bond donors (Lipinski definition) is 2. The number of carbonyl (C=O) groups is 2. The highest BCUT2D eigenvalue weighted by molar-refractivity contribution is 5.87. The Labute approximate surface area is 121 Å². The largest absolute Gasteiger partial charge is 0.479 e. The van der Waals surface area contributed by atoms with Gasteiger partial charge in [-0.15, -0.1) is 0 Å². The Morgan fingerprint density at radius 3 is 2.45 bits per heavy atom. The molecule has 0 aliphatic carbocycles. The lowest BCUT2D eigenvalue weighted by atomic mass is 9.93. The van der Waals surface area contributed by atoms with Crippen molar-refractivity contribution in [3.63, 3.8) is 0 Å². The third-order valence-corrected chi connectivity index (χ3v) is 4.26. The molecule has 1 saturated heterocycles. The van der Waals surface area contributed by atoms with E-state index in [0.29, 0.717) is 25.3 Å². The van der Waals surface area contributed by atoms with Crippen LogP contribution >= 0.6 is 0 Å². The standard InChI is InChI=1S/C15H28N2O3/c1-5-15(13(18)19)9-6-10-17(15)14(20)16-12(4)8-7-11(2)3/h11-12H,5-10H2,1-4H3,(H,16,20)(H,18,19). The molecule has 1 aliphatic heterocycles. The topological polar surface area (TPSA) is 69.6 Å². The van der Waals surface area contributed by atoms with Gasteiger partial charge in [0.05, 0.1) is 0 Å². The molecular formula is C15H28N2O3. The lowest BCUT2D eigenvalue weighted by Gasteiger charge is -2.34. The Balaban J connectivity index is 2.64. The fourth-order valence-corrected chi connectivity index (χ4v) is 2.86. The minimum atomic E-state index is -1.01. The highest BCUT2D eigenvalue weighted by Gasteiger charge is 2.48. The van der Waals surface area contributed by atoms with Crippen LogP contribution in [0.4, 0.5) is 4.79 Å². The Morgan fingerprint density at radius 2 is 1.95 bits per heavy atom. The van der Waals surface area contributed by atoms with Crippen molar-refractivity contribution in [1.29, 1.82) is 0 Å². The Kier molecular flexibility index (Phi) is 5.84. The maximum Gasteiger partial charge on any atom is 0.329 e. The van der Waals surface area contributed by atoms with E-state index in [2.05, 4.69) is 19.2 Å². The van der Waals surface area contributed by atoms with Crippen LogP contribution in [0.15, 0.2) is 0 Å². The first kappa shape index (κ1) is 16.8. The number of hydrogen-bond acceptors (Lipinski definition) is 2. The monoisotopic (exact) mass is 284 g/mol. The molecule has 2 unspecified atom stereocenters. The molecule has 0 aromatic carbocycles. The van der Waals surface area contributed by atoms with E-state index >= 15 is 0 Å². The summed E-state index contributed by atoms with van der Waals surface area (Å²) in [5.74, 6) is -0.280. The Bertz CT molecular complexity index is 357. The quantitative estimate of drug-likeness (QED) is 0.788. The van der Waals surface area contributed by atoms with Crippen molar-refractivity contribution in [2.24, 2.45) is 5.92 Å². The van der Waals surface area contributed by atoms with Gasteiger partial charge < -0.3 is 15.3 Å². The van der Waals surface area contributed by atoms with E-state index in [1.165, 1.54) is 4.90 Å². The molecule has 0 saturated carbocycles. The van der Waals surface area contributed by atoms with Crippen molar-refractivity contribution in [2.75, 3.05) is 6.54 Å². The first-order valence-electron chi connectivity index (χ1n) is 7.65. The van der Waals surface area contributed by atoms with E-state index in [4.69, 9.17) is 0 Å². The minimum absolute atomic E-state index is 0.0776. The van der Waals surface area contributed by atoms with E-state index in [0.717, 1.165) is 19.3 Å². The molecule has 5 heteroatoms. The lowest BCUT2D eigenvalue weighted by Crippen LogP contribution is -2.56. The lowest BCUT2D eigenvalue weighted by molar-refractivity contribution is -0.148. The summed E-state index contributed by atoms with van der Waals surface area (Å²) >= 11 is 0. The Morgan fingerprint density at radius 1 is 1.30 bits per heavy atom. The minimum Gasteiger partial charge on any atom is -0.479 e. The summed E-state index contributed by atoms with van der Waals surface area (Å²) in [4.78, 5) is 25.4. The normalized spacial score (nSPS) is 23.9. The summed E-state index contributed by atoms with van der Waals surface area (Å²) in [6, 6.07) is -0.156. The highest BCUT2D eigenvalue weighted by atomic mass is 16.4. The average molecular weight is 284 g/mol. The SMILES string of the molecule is CCC1(C(=O)O)CCCN1C(=O)NC(C)CCC(C)C. The second-order valence-corrected chi connectivity index (χ2v) is 6.27. The molecule has 1 heterocycles. The molecule has 0 aromatic rings. The predicted molar refractivity (Wildman–Crippen MR) is 78.7 cm³/mol. The van der Waals surface area contributed by atoms with Gasteiger partial charge in [0.25, 0.3) is 0 Å². The summed E-state index contributed by atoms with van der Waals surface area (Å²) in [5.41, 5.74) is -1.01. The van der Waals surface area contributed by atoms with Gasteiger partial charge in [-0.25, -0.2) is 9.59 Å². The molecule has 0 bridgehead atoms. The van der Waals surface area contributed by atoms with Crippen LogP contribution in [-0.4, -0.2) is 40.1 Å². The van der Waals surface area contributed by atoms with Crippen molar-refractivity contribution in [3.8, 4) is 0 Å². The third kappa shape index (κ3) is 3.64. The summed E-state index contributed by atoms with van der Waals surface area (Å²) in [7, 11) is 0. The molecule has 0 spiro atoms. The van der Waals surface area contributed by atoms with E-state index in [1.807, 2.05) is 13.8 Å². The molecule has 2 atom stereocenters. The number of amides is 2. The molecule has 2 N–H and O–H groups in total. The molecule has 1 rings (SSSR count). The van der Waals surface area contributed by atoms with Gasteiger partial charge in [0.15, 0.2) is 0 Å². The van der Waals surface area contributed by atoms with Gasteiger partial charge in [0.2, 0.25) is 0 Å². The van der Waals surface area contributed by atoms with E-state index < -0.39 is 11.5 Å². The van der Waals surface area contributed by atoms with Gasteiger partial charge in [-0.05, 0) is 44.9 Å². The van der Waals surface area contributed by atoms with Crippen molar-refractivity contribution < 1.29 is 14.7 Å². The van der Waals surface area contributed by atoms with Crippen LogP contribution in [0.5, 0.6) is 0 Å². The molecule has 5 nitrogen and oxygen atoms in total. The fraction of sp³-hybridized carbons (Fsp3) is 0.867. The van der Waals surface area contributed by atoms with Crippen LogP contribution in [0.25, 0.3) is 0 Å². The van der Waals surface area contributed by atoms with Gasteiger partial charge >= 0.3 is 12.0 Å². The summed E-state index contributed by atoms with van der Waals surface area (Å²) in [6.45, 7) is 8.65. The van der Waals surface area contributed by atoms with Crippen LogP contribution in [0.3, 0.4) is 0 Å². The van der Waals surface area contributed by atoms with E-state index in [-0.39, 0.29) is 12.1 Å². The van der Waals surface area contributed by atoms with E-state index in [9.17, 15) is 14.7 Å². The van der Waals surface area contributed by atoms with Gasteiger partial charge in [0, 0.05) is 12.6 Å². The van der Waals surface area contributed by atoms with Crippen LogP contribution in [0.2, 0.25) is 0 Å². The number of carboxylic acids is 1. The number of aliphatic carboxylic acids is 1. The zero-order valence-corrected chi connectivity index (χ0v) is 13.1. The number of carbonyl (C=O) groups excluding carboxylic acids is 1. The number of nitrogens with zero attached hydrogens (tertiary/aromatic N) is 1.